The van der Waals surface area contributed by atoms with Gasteiger partial charge in [-0.2, -0.15) is 0 Å². The summed E-state index contributed by atoms with van der Waals surface area (Å²) in [5.74, 6) is 0.370. The number of carbonyl (C=O) groups excluding carboxylic acids is 2. The zero-order chi connectivity index (χ0) is 23.9. The van der Waals surface area contributed by atoms with Crippen LogP contribution in [0.5, 0.6) is 0 Å². The van der Waals surface area contributed by atoms with Crippen LogP contribution < -0.4 is 10.6 Å². The first-order chi connectivity index (χ1) is 14.1. The molecule has 1 atom stereocenters. The maximum atomic E-state index is 12.7. The number of ether oxygens (including phenoxy) is 2. The Bertz CT molecular complexity index is 596. The lowest BCUT2D eigenvalue weighted by Crippen LogP contribution is -2.60. The van der Waals surface area contributed by atoms with Gasteiger partial charge in [-0.3, -0.25) is 9.59 Å². The summed E-state index contributed by atoms with van der Waals surface area (Å²) in [7, 11) is 1.71. The Morgan fingerprint density at radius 1 is 1.10 bits per heavy atom. The van der Waals surface area contributed by atoms with Crippen LogP contribution in [0.25, 0.3) is 0 Å². The van der Waals surface area contributed by atoms with E-state index in [1.807, 2.05) is 27.7 Å². The lowest BCUT2D eigenvalue weighted by Gasteiger charge is -2.44. The quantitative estimate of drug-likeness (QED) is 0.415. The van der Waals surface area contributed by atoms with Crippen molar-refractivity contribution in [3.63, 3.8) is 0 Å². The zero-order valence-electron chi connectivity index (χ0n) is 21.6. The molecule has 1 heterocycles. The first-order valence-corrected chi connectivity index (χ1v) is 11.9. The largest absolute Gasteiger partial charge is 0.379 e. The number of ketones is 1. The Morgan fingerprint density at radius 3 is 2.35 bits per heavy atom. The number of Topliss-reactive ketones (excluding diaryl/α,β-unsaturated/α-hetero) is 1. The molecule has 2 N–H and O–H groups in total. The minimum Gasteiger partial charge on any atom is -0.379 e. The number of rotatable bonds is 13. The third-order valence-corrected chi connectivity index (χ3v) is 6.38. The van der Waals surface area contributed by atoms with Crippen molar-refractivity contribution in [1.82, 2.24) is 10.6 Å². The maximum Gasteiger partial charge on any atom is 0.220 e. The van der Waals surface area contributed by atoms with Gasteiger partial charge < -0.3 is 20.1 Å². The predicted molar refractivity (Wildman–Crippen MR) is 126 cm³/mol. The van der Waals surface area contributed by atoms with E-state index in [9.17, 15) is 9.59 Å². The Hall–Kier alpha value is -0.980. The van der Waals surface area contributed by atoms with Crippen LogP contribution in [0.2, 0.25) is 0 Å². The van der Waals surface area contributed by atoms with Gasteiger partial charge in [0.05, 0.1) is 23.9 Å². The van der Waals surface area contributed by atoms with Crippen molar-refractivity contribution in [2.75, 3.05) is 20.3 Å². The van der Waals surface area contributed by atoms with Crippen molar-refractivity contribution in [2.45, 2.75) is 123 Å². The van der Waals surface area contributed by atoms with Crippen molar-refractivity contribution in [1.29, 1.82) is 0 Å². The van der Waals surface area contributed by atoms with Crippen LogP contribution in [0.3, 0.4) is 0 Å². The van der Waals surface area contributed by atoms with Crippen LogP contribution in [0.15, 0.2) is 0 Å². The number of unbranched alkanes of at least 4 members (excludes halogenated alkanes) is 1. The fourth-order valence-corrected chi connectivity index (χ4v) is 4.41. The molecule has 0 aromatic heterocycles. The highest BCUT2D eigenvalue weighted by molar-refractivity contribution is 5.90. The summed E-state index contributed by atoms with van der Waals surface area (Å²) in [6.07, 6.45) is 5.41. The first-order valence-electron chi connectivity index (χ1n) is 11.9. The summed E-state index contributed by atoms with van der Waals surface area (Å²) in [5, 5.41) is 6.51. The standard InChI is InChI=1S/C25H48N2O4/c1-22(2)18-23(3,4)27-19(21(22)29)12-10-11-16-26-20(28)13-14-25(7,8)31-17-15-24(5,6)30-9/h19,27H,10-18H2,1-9H3,(H,26,28). The summed E-state index contributed by atoms with van der Waals surface area (Å²) >= 11 is 0. The number of hydrogen-bond acceptors (Lipinski definition) is 5. The van der Waals surface area contributed by atoms with Crippen molar-refractivity contribution in [2.24, 2.45) is 5.41 Å². The molecule has 6 heteroatoms. The van der Waals surface area contributed by atoms with Gasteiger partial charge in [-0.1, -0.05) is 13.8 Å². The van der Waals surface area contributed by atoms with Crippen molar-refractivity contribution in [3.8, 4) is 0 Å². The predicted octanol–water partition coefficient (Wildman–Crippen LogP) is 4.40. The fourth-order valence-electron chi connectivity index (χ4n) is 4.41. The Kier molecular flexibility index (Phi) is 10.2. The lowest BCUT2D eigenvalue weighted by molar-refractivity contribution is -0.134. The molecule has 0 aromatic rings. The van der Waals surface area contributed by atoms with Crippen molar-refractivity contribution >= 4 is 11.7 Å². The monoisotopic (exact) mass is 440 g/mol. The third-order valence-electron chi connectivity index (χ3n) is 6.38. The number of methoxy groups -OCH3 is 1. The molecule has 0 aromatic carbocycles. The van der Waals surface area contributed by atoms with Gasteiger partial charge >= 0.3 is 0 Å². The SMILES string of the molecule is COC(C)(C)CCOC(C)(C)CCC(=O)NCCCCC1NC(C)(C)CC(C)(C)C1=O. The van der Waals surface area contributed by atoms with Gasteiger partial charge in [0.25, 0.3) is 0 Å². The minimum absolute atomic E-state index is 0.0233. The average molecular weight is 441 g/mol. The maximum absolute atomic E-state index is 12.7. The van der Waals surface area contributed by atoms with E-state index in [-0.39, 0.29) is 34.1 Å². The molecule has 31 heavy (non-hydrogen) atoms. The smallest absolute Gasteiger partial charge is 0.220 e. The van der Waals surface area contributed by atoms with Gasteiger partial charge in [0.15, 0.2) is 5.78 Å². The molecule has 1 amide bonds. The van der Waals surface area contributed by atoms with Crippen molar-refractivity contribution in [3.05, 3.63) is 0 Å². The number of piperidine rings is 1. The van der Waals surface area contributed by atoms with Crippen LogP contribution >= 0.6 is 0 Å². The highest BCUT2D eigenvalue weighted by Crippen LogP contribution is 2.35. The van der Waals surface area contributed by atoms with Gasteiger partial charge in [-0.25, -0.2) is 0 Å². The third kappa shape index (κ3) is 10.5. The first kappa shape index (κ1) is 28.1. The second-order valence-electron chi connectivity index (χ2n) is 11.7. The van der Waals surface area contributed by atoms with Crippen LogP contribution in [0, 0.1) is 5.41 Å². The molecule has 1 saturated heterocycles. The highest BCUT2D eigenvalue weighted by atomic mass is 16.5. The molecule has 0 radical (unpaired) electrons. The molecule has 1 fully saturated rings. The van der Waals surface area contributed by atoms with Gasteiger partial charge in [0, 0.05) is 31.0 Å². The molecule has 1 rings (SSSR count). The van der Waals surface area contributed by atoms with E-state index in [1.165, 1.54) is 0 Å². The van der Waals surface area contributed by atoms with E-state index in [2.05, 4.69) is 38.3 Å². The molecule has 0 bridgehead atoms. The van der Waals surface area contributed by atoms with Crippen LogP contribution in [0.4, 0.5) is 0 Å². The van der Waals surface area contributed by atoms with Crippen LogP contribution in [-0.2, 0) is 19.1 Å². The molecular formula is C25H48N2O4. The minimum atomic E-state index is -0.340. The normalized spacial score (nSPS) is 21.2. The van der Waals surface area contributed by atoms with E-state index in [0.717, 1.165) is 32.1 Å². The Balaban J connectivity index is 2.24. The Morgan fingerprint density at radius 2 is 1.74 bits per heavy atom. The molecule has 0 spiro atoms. The van der Waals surface area contributed by atoms with E-state index < -0.39 is 0 Å². The second kappa shape index (κ2) is 11.2. The molecule has 1 unspecified atom stereocenters. The number of carbonyl (C=O) groups is 2. The topological polar surface area (TPSA) is 76.7 Å². The van der Waals surface area contributed by atoms with E-state index in [4.69, 9.17) is 9.47 Å². The summed E-state index contributed by atoms with van der Waals surface area (Å²) in [6, 6.07) is -0.0875. The summed E-state index contributed by atoms with van der Waals surface area (Å²) in [5.41, 5.74) is -0.837. The van der Waals surface area contributed by atoms with Gasteiger partial charge in [0.2, 0.25) is 5.91 Å². The van der Waals surface area contributed by atoms with Gasteiger partial charge in [-0.05, 0) is 80.1 Å². The van der Waals surface area contributed by atoms with Gasteiger partial charge in [0.1, 0.15) is 0 Å². The summed E-state index contributed by atoms with van der Waals surface area (Å²) in [4.78, 5) is 24.9. The van der Waals surface area contributed by atoms with E-state index >= 15 is 0 Å². The van der Waals surface area contributed by atoms with E-state index in [0.29, 0.717) is 31.8 Å². The molecule has 1 aliphatic rings. The average Bonchev–Trinajstić information content (AvgIpc) is 2.62. The fraction of sp³-hybridized carbons (Fsp3) is 0.920. The van der Waals surface area contributed by atoms with Crippen LogP contribution in [-0.4, -0.2) is 54.7 Å². The summed E-state index contributed by atoms with van der Waals surface area (Å²) < 4.78 is 11.4. The van der Waals surface area contributed by atoms with Crippen LogP contribution in [0.1, 0.15) is 100 Å². The number of amides is 1. The molecule has 0 aliphatic carbocycles. The molecule has 182 valence electrons. The molecule has 6 nitrogen and oxygen atoms in total. The lowest BCUT2D eigenvalue weighted by atomic mass is 9.70. The van der Waals surface area contributed by atoms with E-state index in [1.54, 1.807) is 7.11 Å². The van der Waals surface area contributed by atoms with Crippen molar-refractivity contribution < 1.29 is 19.1 Å². The second-order valence-corrected chi connectivity index (χ2v) is 11.7. The van der Waals surface area contributed by atoms with Gasteiger partial charge in [-0.15, -0.1) is 0 Å². The molecule has 0 saturated carbocycles. The molecule has 1 aliphatic heterocycles. The summed E-state index contributed by atoms with van der Waals surface area (Å²) in [6.45, 7) is 17.8. The number of hydrogen-bond donors (Lipinski definition) is 2. The molecular weight excluding hydrogens is 392 g/mol. The Labute approximate surface area is 190 Å². The highest BCUT2D eigenvalue weighted by Gasteiger charge is 2.44. The zero-order valence-corrected chi connectivity index (χ0v) is 21.6. The number of nitrogens with one attached hydrogen (secondary N) is 2.